The molecule has 144 valence electrons. The van der Waals surface area contributed by atoms with Crippen molar-refractivity contribution < 1.29 is 9.59 Å². The molecular formula is C23H25N3O2. The normalized spacial score (nSPS) is 18.2. The number of carbonyl (C=O) groups is 2. The Bertz CT molecular complexity index is 871. The van der Waals surface area contributed by atoms with Crippen molar-refractivity contribution in [3.63, 3.8) is 0 Å². The van der Waals surface area contributed by atoms with Gasteiger partial charge in [0.25, 0.3) is 5.91 Å². The van der Waals surface area contributed by atoms with E-state index >= 15 is 0 Å². The summed E-state index contributed by atoms with van der Waals surface area (Å²) in [5.41, 5.74) is 1.78. The van der Waals surface area contributed by atoms with E-state index in [-0.39, 0.29) is 18.4 Å². The van der Waals surface area contributed by atoms with Crippen LogP contribution in [-0.4, -0.2) is 34.6 Å². The molecule has 2 aliphatic rings. The molecule has 1 aliphatic carbocycles. The van der Waals surface area contributed by atoms with Crippen LogP contribution < -0.4 is 5.32 Å². The van der Waals surface area contributed by atoms with Gasteiger partial charge in [0.1, 0.15) is 17.9 Å². The molecule has 1 aliphatic heterocycles. The number of hydrogen-bond donors (Lipinski definition) is 1. The van der Waals surface area contributed by atoms with Crippen LogP contribution in [0.5, 0.6) is 0 Å². The van der Waals surface area contributed by atoms with E-state index < -0.39 is 5.66 Å². The van der Waals surface area contributed by atoms with Gasteiger partial charge in [-0.15, -0.1) is 0 Å². The van der Waals surface area contributed by atoms with Gasteiger partial charge in [0, 0.05) is 12.1 Å². The van der Waals surface area contributed by atoms with E-state index in [1.807, 2.05) is 60.7 Å². The summed E-state index contributed by atoms with van der Waals surface area (Å²) in [6.45, 7) is 0.507. The van der Waals surface area contributed by atoms with E-state index in [1.54, 1.807) is 4.90 Å². The van der Waals surface area contributed by atoms with Crippen LogP contribution >= 0.6 is 0 Å². The van der Waals surface area contributed by atoms with Crippen LogP contribution in [0.25, 0.3) is 0 Å². The molecule has 2 aromatic carbocycles. The largest absolute Gasteiger partial charge is 0.350 e. The van der Waals surface area contributed by atoms with Gasteiger partial charge in [0.2, 0.25) is 5.91 Å². The molecule has 28 heavy (non-hydrogen) atoms. The molecule has 5 heteroatoms. The highest BCUT2D eigenvalue weighted by molar-refractivity contribution is 6.47. The quantitative estimate of drug-likeness (QED) is 0.872. The average Bonchev–Trinajstić information content (AvgIpc) is 3.00. The van der Waals surface area contributed by atoms with Crippen molar-refractivity contribution in [2.24, 2.45) is 4.99 Å². The van der Waals surface area contributed by atoms with Crippen molar-refractivity contribution in [1.29, 1.82) is 0 Å². The maximum Gasteiger partial charge on any atom is 0.275 e. The Kier molecular flexibility index (Phi) is 5.24. The summed E-state index contributed by atoms with van der Waals surface area (Å²) in [7, 11) is 0. The maximum absolute atomic E-state index is 13.2. The monoisotopic (exact) mass is 375 g/mol. The fourth-order valence-electron chi connectivity index (χ4n) is 4.13. The molecule has 5 nitrogen and oxygen atoms in total. The van der Waals surface area contributed by atoms with Gasteiger partial charge in [-0.25, -0.2) is 0 Å². The van der Waals surface area contributed by atoms with Crippen LogP contribution in [0, 0.1) is 0 Å². The highest BCUT2D eigenvalue weighted by atomic mass is 16.2. The summed E-state index contributed by atoms with van der Waals surface area (Å²) in [4.78, 5) is 32.4. The first-order valence-electron chi connectivity index (χ1n) is 9.96. The Hall–Kier alpha value is -2.95. The molecule has 4 rings (SSSR count). The predicted molar refractivity (Wildman–Crippen MR) is 109 cm³/mol. The third-order valence-electron chi connectivity index (χ3n) is 5.61. The standard InChI is InChI=1S/C23H25N3O2/c27-20(24-16-18-10-4-1-5-11-18)17-26-22(28)21(19-12-6-2-7-13-19)25-23(26)14-8-3-9-15-23/h1-2,4-7,10-13H,3,8-9,14-17H2,(H,24,27). The molecule has 0 atom stereocenters. The summed E-state index contributed by atoms with van der Waals surface area (Å²) in [5, 5.41) is 2.94. The lowest BCUT2D eigenvalue weighted by Crippen LogP contribution is -2.52. The first kappa shape index (κ1) is 18.4. The number of benzene rings is 2. The van der Waals surface area contributed by atoms with E-state index in [0.717, 1.165) is 43.2 Å². The van der Waals surface area contributed by atoms with Crippen LogP contribution in [0.3, 0.4) is 0 Å². The van der Waals surface area contributed by atoms with Crippen molar-refractivity contribution in [1.82, 2.24) is 10.2 Å². The van der Waals surface area contributed by atoms with Gasteiger partial charge < -0.3 is 10.2 Å². The van der Waals surface area contributed by atoms with Gasteiger partial charge in [0.15, 0.2) is 0 Å². The first-order chi connectivity index (χ1) is 13.7. The Morgan fingerprint density at radius 3 is 2.29 bits per heavy atom. The van der Waals surface area contributed by atoms with Crippen molar-refractivity contribution in [2.45, 2.75) is 44.3 Å². The van der Waals surface area contributed by atoms with Gasteiger partial charge in [-0.1, -0.05) is 67.1 Å². The minimum absolute atomic E-state index is 0.0471. The Morgan fingerprint density at radius 2 is 1.61 bits per heavy atom. The molecule has 2 amide bonds. The third kappa shape index (κ3) is 3.70. The van der Waals surface area contributed by atoms with Crippen molar-refractivity contribution >= 4 is 17.5 Å². The zero-order valence-corrected chi connectivity index (χ0v) is 15.9. The van der Waals surface area contributed by atoms with Gasteiger partial charge >= 0.3 is 0 Å². The third-order valence-corrected chi connectivity index (χ3v) is 5.61. The number of carbonyl (C=O) groups excluding carboxylic acids is 2. The molecule has 1 saturated carbocycles. The van der Waals surface area contributed by atoms with Gasteiger partial charge in [-0.2, -0.15) is 0 Å². The first-order valence-corrected chi connectivity index (χ1v) is 9.96. The molecule has 1 fully saturated rings. The predicted octanol–water partition coefficient (Wildman–Crippen LogP) is 3.29. The Labute approximate surface area is 165 Å². The highest BCUT2D eigenvalue weighted by Gasteiger charge is 2.48. The molecule has 0 saturated heterocycles. The van der Waals surface area contributed by atoms with Crippen molar-refractivity contribution in [3.8, 4) is 0 Å². The van der Waals surface area contributed by atoms with Gasteiger partial charge in [-0.05, 0) is 31.2 Å². The molecular weight excluding hydrogens is 350 g/mol. The molecule has 0 bridgehead atoms. The van der Waals surface area contributed by atoms with E-state index in [1.165, 1.54) is 0 Å². The molecule has 2 aromatic rings. The second kappa shape index (κ2) is 7.97. The molecule has 1 spiro atoms. The van der Waals surface area contributed by atoms with E-state index in [0.29, 0.717) is 12.3 Å². The second-order valence-electron chi connectivity index (χ2n) is 7.52. The van der Waals surface area contributed by atoms with Gasteiger partial charge in [0.05, 0.1) is 0 Å². The minimum Gasteiger partial charge on any atom is -0.350 e. The van der Waals surface area contributed by atoms with Crippen molar-refractivity contribution in [3.05, 3.63) is 71.8 Å². The molecule has 1 heterocycles. The highest BCUT2D eigenvalue weighted by Crippen LogP contribution is 2.39. The zero-order chi connectivity index (χ0) is 19.4. The average molecular weight is 375 g/mol. The lowest BCUT2D eigenvalue weighted by atomic mass is 9.88. The van der Waals surface area contributed by atoms with Crippen LogP contribution in [0.1, 0.15) is 43.2 Å². The molecule has 0 unspecified atom stereocenters. The topological polar surface area (TPSA) is 61.8 Å². The number of aliphatic imine (C=N–C) groups is 1. The lowest BCUT2D eigenvalue weighted by Gasteiger charge is -2.38. The number of rotatable bonds is 5. The Morgan fingerprint density at radius 1 is 0.964 bits per heavy atom. The maximum atomic E-state index is 13.2. The number of nitrogens with one attached hydrogen (secondary N) is 1. The summed E-state index contributed by atoms with van der Waals surface area (Å²) >= 11 is 0. The fraction of sp³-hybridized carbons (Fsp3) is 0.348. The van der Waals surface area contributed by atoms with Crippen LogP contribution in [-0.2, 0) is 16.1 Å². The number of nitrogens with zero attached hydrogens (tertiary/aromatic N) is 2. The Balaban J connectivity index is 1.51. The summed E-state index contributed by atoms with van der Waals surface area (Å²) < 4.78 is 0. The molecule has 1 N–H and O–H groups in total. The number of amides is 2. The van der Waals surface area contributed by atoms with Crippen LogP contribution in [0.2, 0.25) is 0 Å². The fourth-order valence-corrected chi connectivity index (χ4v) is 4.13. The summed E-state index contributed by atoms with van der Waals surface area (Å²) in [6.07, 6.45) is 4.85. The number of hydrogen-bond acceptors (Lipinski definition) is 3. The van der Waals surface area contributed by atoms with E-state index in [2.05, 4.69) is 5.32 Å². The summed E-state index contributed by atoms with van der Waals surface area (Å²) in [5.74, 6) is -0.283. The second-order valence-corrected chi connectivity index (χ2v) is 7.52. The summed E-state index contributed by atoms with van der Waals surface area (Å²) in [6, 6.07) is 19.4. The zero-order valence-electron chi connectivity index (χ0n) is 15.9. The van der Waals surface area contributed by atoms with Crippen molar-refractivity contribution in [2.75, 3.05) is 6.54 Å². The SMILES string of the molecule is O=C(CN1C(=O)C(c2ccccc2)=NC12CCCCC2)NCc1ccccc1. The smallest absolute Gasteiger partial charge is 0.275 e. The van der Waals surface area contributed by atoms with Crippen LogP contribution in [0.15, 0.2) is 65.7 Å². The van der Waals surface area contributed by atoms with E-state index in [9.17, 15) is 9.59 Å². The van der Waals surface area contributed by atoms with Crippen LogP contribution in [0.4, 0.5) is 0 Å². The van der Waals surface area contributed by atoms with E-state index in [4.69, 9.17) is 4.99 Å². The molecule has 0 aromatic heterocycles. The lowest BCUT2D eigenvalue weighted by molar-refractivity contribution is -0.136. The van der Waals surface area contributed by atoms with Gasteiger partial charge in [-0.3, -0.25) is 14.6 Å². The minimum atomic E-state index is -0.565. The molecule has 0 radical (unpaired) electrons.